The van der Waals surface area contributed by atoms with E-state index in [0.29, 0.717) is 12.3 Å². The average molecular weight is 371 g/mol. The molecule has 1 aliphatic heterocycles. The summed E-state index contributed by atoms with van der Waals surface area (Å²) < 4.78 is 1.59. The normalized spacial score (nSPS) is 16.6. The van der Waals surface area contributed by atoms with Gasteiger partial charge in [0.1, 0.15) is 12.4 Å². The van der Waals surface area contributed by atoms with E-state index in [0.717, 1.165) is 51.1 Å². The maximum absolute atomic E-state index is 13.2. The first-order valence-corrected chi connectivity index (χ1v) is 9.98. The number of aromatic nitrogens is 4. The minimum Gasteiger partial charge on any atom is -0.341 e. The number of tetrazole rings is 1. The SMILES string of the molecule is CCN(CC)CC1CCN(C(=O)[C@@H](Cc2ccccc2)n2cnnn2)CC1. The summed E-state index contributed by atoms with van der Waals surface area (Å²) in [5.74, 6) is 0.794. The van der Waals surface area contributed by atoms with Gasteiger partial charge in [-0.15, -0.1) is 5.10 Å². The largest absolute Gasteiger partial charge is 0.341 e. The lowest BCUT2D eigenvalue weighted by Gasteiger charge is -2.36. The van der Waals surface area contributed by atoms with Crippen molar-refractivity contribution in [3.8, 4) is 0 Å². The fourth-order valence-corrected chi connectivity index (χ4v) is 3.84. The lowest BCUT2D eigenvalue weighted by molar-refractivity contribution is -0.136. The third-order valence-electron chi connectivity index (χ3n) is 5.58. The van der Waals surface area contributed by atoms with Gasteiger partial charge in [0, 0.05) is 26.1 Å². The van der Waals surface area contributed by atoms with Crippen LogP contribution in [0, 0.1) is 5.92 Å². The highest BCUT2D eigenvalue weighted by molar-refractivity contribution is 5.80. The number of likely N-dealkylation sites (tertiary alicyclic amines) is 1. The lowest BCUT2D eigenvalue weighted by Crippen LogP contribution is -2.45. The summed E-state index contributed by atoms with van der Waals surface area (Å²) in [7, 11) is 0. The van der Waals surface area contributed by atoms with Crippen LogP contribution in [0.15, 0.2) is 36.7 Å². The van der Waals surface area contributed by atoms with Crippen molar-refractivity contribution in [3.05, 3.63) is 42.2 Å². The summed E-state index contributed by atoms with van der Waals surface area (Å²) in [6.45, 7) is 9.37. The highest BCUT2D eigenvalue weighted by atomic mass is 16.2. The van der Waals surface area contributed by atoms with E-state index in [1.54, 1.807) is 11.0 Å². The van der Waals surface area contributed by atoms with Crippen molar-refractivity contribution < 1.29 is 4.79 Å². The van der Waals surface area contributed by atoms with Gasteiger partial charge >= 0.3 is 0 Å². The van der Waals surface area contributed by atoms with Crippen LogP contribution in [-0.2, 0) is 11.2 Å². The molecule has 1 saturated heterocycles. The van der Waals surface area contributed by atoms with Gasteiger partial charge in [-0.3, -0.25) is 4.79 Å². The van der Waals surface area contributed by atoms with Crippen LogP contribution >= 0.6 is 0 Å². The van der Waals surface area contributed by atoms with Crippen LogP contribution in [0.4, 0.5) is 0 Å². The Labute approximate surface area is 161 Å². The number of amides is 1. The van der Waals surface area contributed by atoms with E-state index in [4.69, 9.17) is 0 Å². The van der Waals surface area contributed by atoms with E-state index < -0.39 is 0 Å². The van der Waals surface area contributed by atoms with E-state index in [-0.39, 0.29) is 11.9 Å². The molecule has 27 heavy (non-hydrogen) atoms. The third kappa shape index (κ3) is 5.13. The fraction of sp³-hybridized carbons (Fsp3) is 0.600. The smallest absolute Gasteiger partial charge is 0.247 e. The maximum Gasteiger partial charge on any atom is 0.247 e. The Balaban J connectivity index is 1.63. The number of rotatable bonds is 8. The van der Waals surface area contributed by atoms with Crippen molar-refractivity contribution in [1.82, 2.24) is 30.0 Å². The van der Waals surface area contributed by atoms with Gasteiger partial charge in [0.2, 0.25) is 5.91 Å². The third-order valence-corrected chi connectivity index (χ3v) is 5.58. The average Bonchev–Trinajstić information content (AvgIpc) is 3.25. The Hall–Kier alpha value is -2.28. The molecule has 0 saturated carbocycles. The molecule has 0 spiro atoms. The molecule has 0 unspecified atom stereocenters. The Morgan fingerprint density at radius 2 is 1.89 bits per heavy atom. The van der Waals surface area contributed by atoms with Crippen LogP contribution in [0.5, 0.6) is 0 Å². The molecule has 1 aliphatic rings. The van der Waals surface area contributed by atoms with Gasteiger partial charge in [0.15, 0.2) is 0 Å². The molecule has 1 amide bonds. The van der Waals surface area contributed by atoms with Crippen LogP contribution in [0.2, 0.25) is 0 Å². The van der Waals surface area contributed by atoms with Crippen molar-refractivity contribution in [2.24, 2.45) is 5.92 Å². The zero-order chi connectivity index (χ0) is 19.1. The van der Waals surface area contributed by atoms with Gasteiger partial charge in [-0.05, 0) is 47.8 Å². The standard InChI is InChI=1S/C20H30N6O/c1-3-24(4-2)15-18-10-12-25(13-11-18)20(27)19(26-16-21-22-23-26)14-17-8-6-5-7-9-17/h5-9,16,18-19H,3-4,10-15H2,1-2H3/t19-/m1/s1. The lowest BCUT2D eigenvalue weighted by atomic mass is 9.95. The number of benzene rings is 1. The maximum atomic E-state index is 13.2. The van der Waals surface area contributed by atoms with Crippen molar-refractivity contribution >= 4 is 5.91 Å². The van der Waals surface area contributed by atoms with E-state index in [1.165, 1.54) is 0 Å². The van der Waals surface area contributed by atoms with Crippen molar-refractivity contribution in [2.45, 2.75) is 39.2 Å². The number of nitrogens with zero attached hydrogens (tertiary/aromatic N) is 6. The Bertz CT molecular complexity index is 678. The summed E-state index contributed by atoms with van der Waals surface area (Å²) in [4.78, 5) is 17.7. The molecule has 1 aromatic heterocycles. The van der Waals surface area contributed by atoms with Gasteiger partial charge in [0.25, 0.3) is 0 Å². The van der Waals surface area contributed by atoms with E-state index in [1.807, 2.05) is 35.2 Å². The Morgan fingerprint density at radius 1 is 1.19 bits per heavy atom. The van der Waals surface area contributed by atoms with Gasteiger partial charge in [-0.1, -0.05) is 44.2 Å². The molecular weight excluding hydrogens is 340 g/mol. The molecule has 0 radical (unpaired) electrons. The Kier molecular flexibility index (Phi) is 6.92. The molecule has 0 bridgehead atoms. The zero-order valence-corrected chi connectivity index (χ0v) is 16.4. The van der Waals surface area contributed by atoms with Crippen LogP contribution in [-0.4, -0.2) is 68.6 Å². The predicted molar refractivity (Wildman–Crippen MR) is 104 cm³/mol. The molecule has 0 aliphatic carbocycles. The van der Waals surface area contributed by atoms with Crippen molar-refractivity contribution in [1.29, 1.82) is 0 Å². The molecule has 7 nitrogen and oxygen atoms in total. The second-order valence-electron chi connectivity index (χ2n) is 7.25. The first kappa shape index (κ1) is 19.5. The second kappa shape index (κ2) is 9.60. The minimum atomic E-state index is -0.387. The first-order chi connectivity index (χ1) is 13.2. The number of carbonyl (C=O) groups is 1. The van der Waals surface area contributed by atoms with Crippen LogP contribution in [0.1, 0.15) is 38.3 Å². The molecule has 0 N–H and O–H groups in total. The quantitative estimate of drug-likeness (QED) is 0.711. The van der Waals surface area contributed by atoms with Crippen LogP contribution in [0.25, 0.3) is 0 Å². The summed E-state index contributed by atoms with van der Waals surface area (Å²) in [6.07, 6.45) is 4.27. The van der Waals surface area contributed by atoms with E-state index in [9.17, 15) is 4.79 Å². The molecule has 1 fully saturated rings. The Morgan fingerprint density at radius 3 is 2.48 bits per heavy atom. The molecule has 7 heteroatoms. The molecular formula is C20H30N6O. The molecule has 2 heterocycles. The van der Waals surface area contributed by atoms with Crippen molar-refractivity contribution in [3.63, 3.8) is 0 Å². The van der Waals surface area contributed by atoms with E-state index in [2.05, 4.69) is 34.3 Å². The summed E-state index contributed by atoms with van der Waals surface area (Å²) >= 11 is 0. The van der Waals surface area contributed by atoms with Gasteiger partial charge in [-0.2, -0.15) is 0 Å². The number of carbonyl (C=O) groups excluding carboxylic acids is 1. The molecule has 1 aromatic carbocycles. The molecule has 146 valence electrons. The number of piperidine rings is 1. The monoisotopic (exact) mass is 370 g/mol. The zero-order valence-electron chi connectivity index (χ0n) is 16.4. The second-order valence-corrected chi connectivity index (χ2v) is 7.25. The topological polar surface area (TPSA) is 67.2 Å². The van der Waals surface area contributed by atoms with Gasteiger partial charge in [-0.25, -0.2) is 4.68 Å². The number of hydrogen-bond acceptors (Lipinski definition) is 5. The van der Waals surface area contributed by atoms with E-state index >= 15 is 0 Å². The fourth-order valence-electron chi connectivity index (χ4n) is 3.84. The van der Waals surface area contributed by atoms with Crippen LogP contribution in [0.3, 0.4) is 0 Å². The molecule has 2 aromatic rings. The highest BCUT2D eigenvalue weighted by Crippen LogP contribution is 2.23. The minimum absolute atomic E-state index is 0.118. The molecule has 3 rings (SSSR count). The summed E-state index contributed by atoms with van der Waals surface area (Å²) in [5.41, 5.74) is 1.11. The summed E-state index contributed by atoms with van der Waals surface area (Å²) in [6, 6.07) is 9.67. The van der Waals surface area contributed by atoms with Crippen molar-refractivity contribution in [2.75, 3.05) is 32.7 Å². The van der Waals surface area contributed by atoms with Gasteiger partial charge in [0.05, 0.1) is 0 Å². The number of hydrogen-bond donors (Lipinski definition) is 0. The van der Waals surface area contributed by atoms with Crippen LogP contribution < -0.4 is 0 Å². The molecule has 1 atom stereocenters. The summed E-state index contributed by atoms with van der Waals surface area (Å²) in [5, 5.41) is 11.5. The highest BCUT2D eigenvalue weighted by Gasteiger charge is 2.30. The predicted octanol–water partition coefficient (Wildman–Crippen LogP) is 2.04. The first-order valence-electron chi connectivity index (χ1n) is 9.98. The van der Waals surface area contributed by atoms with Gasteiger partial charge < -0.3 is 9.80 Å².